The van der Waals surface area contributed by atoms with E-state index in [1.165, 1.54) is 31.3 Å². The Morgan fingerprint density at radius 3 is 2.56 bits per heavy atom. The molecule has 0 saturated heterocycles. The Balaban J connectivity index is 1.71. The largest absolute Gasteiger partial charge is 0.457 e. The Hall–Kier alpha value is -3.00. The molecular weight excluding hydrogens is 342 g/mol. The van der Waals surface area contributed by atoms with Gasteiger partial charge < -0.3 is 4.42 Å². The first-order valence-corrected chi connectivity index (χ1v) is 8.14. The third-order valence-corrected chi connectivity index (χ3v) is 4.46. The normalized spacial score (nSPS) is 10.6. The molecule has 0 unspecified atom stereocenters. The van der Waals surface area contributed by atoms with Crippen LogP contribution in [0.1, 0.15) is 33.5 Å². The van der Waals surface area contributed by atoms with E-state index in [4.69, 9.17) is 4.42 Å². The van der Waals surface area contributed by atoms with Crippen LogP contribution < -0.4 is 0 Å². The van der Waals surface area contributed by atoms with Crippen LogP contribution in [0.4, 0.5) is 0 Å². The summed E-state index contributed by atoms with van der Waals surface area (Å²) in [5.41, 5.74) is 1.23. The van der Waals surface area contributed by atoms with E-state index in [2.05, 4.69) is 15.2 Å². The Morgan fingerprint density at radius 2 is 1.92 bits per heavy atom. The van der Waals surface area contributed by atoms with Gasteiger partial charge in [0.2, 0.25) is 5.78 Å². The molecule has 0 saturated carbocycles. The molecule has 0 aliphatic rings. The fourth-order valence-electron chi connectivity index (χ4n) is 2.11. The van der Waals surface area contributed by atoms with Gasteiger partial charge in [-0.2, -0.15) is 5.10 Å². The van der Waals surface area contributed by atoms with E-state index in [0.717, 1.165) is 4.90 Å². The van der Waals surface area contributed by atoms with E-state index < -0.39 is 11.6 Å². The van der Waals surface area contributed by atoms with Crippen molar-refractivity contribution in [2.75, 3.05) is 0 Å². The van der Waals surface area contributed by atoms with Crippen molar-refractivity contribution in [1.82, 2.24) is 15.2 Å². The molecule has 8 heteroatoms. The zero-order chi connectivity index (χ0) is 17.8. The predicted octanol–water partition coefficient (Wildman–Crippen LogP) is 2.75. The zero-order valence-electron chi connectivity index (χ0n) is 13.2. The molecule has 1 N–H and O–H groups in total. The minimum atomic E-state index is -0.722. The average Bonchev–Trinajstić information content (AvgIpc) is 3.27. The van der Waals surface area contributed by atoms with Crippen molar-refractivity contribution >= 4 is 29.1 Å². The third-order valence-electron chi connectivity index (χ3n) is 3.41. The lowest BCUT2D eigenvalue weighted by atomic mass is 10.1. The van der Waals surface area contributed by atoms with Crippen molar-refractivity contribution in [2.24, 2.45) is 0 Å². The number of aromatic nitrogens is 3. The number of carbonyl (C=O) groups is 3. The van der Waals surface area contributed by atoms with E-state index in [1.807, 2.05) is 0 Å². The summed E-state index contributed by atoms with van der Waals surface area (Å²) < 4.78 is 5.41. The maximum Gasteiger partial charge on any atom is 0.265 e. The molecule has 2 aromatic heterocycles. The number of carbonyl (C=O) groups excluding carboxylic acids is 3. The summed E-state index contributed by atoms with van der Waals surface area (Å²) in [5.74, 6) is -1.42. The van der Waals surface area contributed by atoms with Crippen LogP contribution in [0.25, 0.3) is 0 Å². The number of nitrogens with one attached hydrogen (secondary N) is 1. The number of rotatable bonds is 7. The van der Waals surface area contributed by atoms with Crippen molar-refractivity contribution in [2.45, 2.75) is 23.3 Å². The van der Waals surface area contributed by atoms with E-state index in [1.54, 1.807) is 30.3 Å². The third kappa shape index (κ3) is 3.92. The standard InChI is InChI=1S/C17H13N3O4S/c1-10(21)11-2-4-13(5-3-11)25-17-12(6-7-24-17)8-14(22)15(23)16-18-9-19-20-16/h2-7,9H,8H2,1H3,(H,18,19,20). The maximum absolute atomic E-state index is 12.1. The smallest absolute Gasteiger partial charge is 0.265 e. The predicted molar refractivity (Wildman–Crippen MR) is 88.7 cm³/mol. The van der Waals surface area contributed by atoms with E-state index in [9.17, 15) is 14.4 Å². The molecule has 126 valence electrons. The summed E-state index contributed by atoms with van der Waals surface area (Å²) >= 11 is 1.32. The lowest BCUT2D eigenvalue weighted by Gasteiger charge is -2.03. The molecule has 3 aromatic rings. The number of hydrogen-bond donors (Lipinski definition) is 1. The second kappa shape index (κ2) is 7.27. The molecule has 2 heterocycles. The molecule has 0 aliphatic heterocycles. The van der Waals surface area contributed by atoms with Gasteiger partial charge in [-0.15, -0.1) is 0 Å². The summed E-state index contributed by atoms with van der Waals surface area (Å²) in [4.78, 5) is 39.9. The lowest BCUT2D eigenvalue weighted by Crippen LogP contribution is -2.18. The topological polar surface area (TPSA) is 106 Å². The number of furan rings is 1. The first-order valence-electron chi connectivity index (χ1n) is 7.32. The molecule has 0 spiro atoms. The van der Waals surface area contributed by atoms with Gasteiger partial charge in [-0.05, 0) is 25.1 Å². The Bertz CT molecular complexity index is 914. The quantitative estimate of drug-likeness (QED) is 0.513. The van der Waals surface area contributed by atoms with Crippen LogP contribution in [0.5, 0.6) is 0 Å². The maximum atomic E-state index is 12.1. The van der Waals surface area contributed by atoms with Crippen LogP contribution in [-0.2, 0) is 11.2 Å². The summed E-state index contributed by atoms with van der Waals surface area (Å²) in [6, 6.07) is 8.71. The first kappa shape index (κ1) is 16.8. The summed E-state index contributed by atoms with van der Waals surface area (Å²) in [6.07, 6.45) is 2.54. The molecule has 0 atom stereocenters. The molecule has 0 aliphatic carbocycles. The summed E-state index contributed by atoms with van der Waals surface area (Å²) in [5, 5.41) is 6.46. The van der Waals surface area contributed by atoms with Crippen molar-refractivity contribution in [1.29, 1.82) is 0 Å². The van der Waals surface area contributed by atoms with Crippen LogP contribution in [0, 0.1) is 0 Å². The van der Waals surface area contributed by atoms with Crippen molar-refractivity contribution in [3.63, 3.8) is 0 Å². The van der Waals surface area contributed by atoms with Crippen molar-refractivity contribution in [3.05, 3.63) is 59.9 Å². The SMILES string of the molecule is CC(=O)c1ccc(Sc2occc2CC(=O)C(=O)c2ncn[nH]2)cc1. The second-order valence-corrected chi connectivity index (χ2v) is 6.23. The van der Waals surface area contributed by atoms with Gasteiger partial charge in [0.25, 0.3) is 5.78 Å². The molecule has 3 rings (SSSR count). The Labute approximate surface area is 146 Å². The van der Waals surface area contributed by atoms with Crippen LogP contribution in [0.3, 0.4) is 0 Å². The fourth-order valence-corrected chi connectivity index (χ4v) is 2.97. The molecule has 0 bridgehead atoms. The number of ketones is 3. The number of aromatic amines is 1. The van der Waals surface area contributed by atoms with Crippen LogP contribution >= 0.6 is 11.8 Å². The van der Waals surface area contributed by atoms with Gasteiger partial charge in [-0.25, -0.2) is 4.98 Å². The van der Waals surface area contributed by atoms with Gasteiger partial charge in [-0.3, -0.25) is 19.5 Å². The van der Waals surface area contributed by atoms with Crippen molar-refractivity contribution in [3.8, 4) is 0 Å². The number of hydrogen-bond acceptors (Lipinski definition) is 7. The highest BCUT2D eigenvalue weighted by Crippen LogP contribution is 2.32. The molecule has 0 amide bonds. The van der Waals surface area contributed by atoms with Gasteiger partial charge in [0.15, 0.2) is 16.7 Å². The van der Waals surface area contributed by atoms with Crippen LogP contribution in [-0.4, -0.2) is 32.5 Å². The van der Waals surface area contributed by atoms with Crippen molar-refractivity contribution < 1.29 is 18.8 Å². The molecule has 0 radical (unpaired) electrons. The van der Waals surface area contributed by atoms with Gasteiger partial charge in [0, 0.05) is 22.4 Å². The number of H-pyrrole nitrogens is 1. The van der Waals surface area contributed by atoms with Crippen LogP contribution in [0.15, 0.2) is 57.3 Å². The molecule has 25 heavy (non-hydrogen) atoms. The minimum Gasteiger partial charge on any atom is -0.457 e. The highest BCUT2D eigenvalue weighted by Gasteiger charge is 2.21. The highest BCUT2D eigenvalue weighted by molar-refractivity contribution is 7.99. The average molecular weight is 355 g/mol. The zero-order valence-corrected chi connectivity index (χ0v) is 14.0. The van der Waals surface area contributed by atoms with Gasteiger partial charge >= 0.3 is 0 Å². The Morgan fingerprint density at radius 1 is 1.16 bits per heavy atom. The summed E-state index contributed by atoms with van der Waals surface area (Å²) in [7, 11) is 0. The van der Waals surface area contributed by atoms with Gasteiger partial charge in [-0.1, -0.05) is 23.9 Å². The Kier molecular flexibility index (Phi) is 4.90. The number of benzene rings is 1. The van der Waals surface area contributed by atoms with Gasteiger partial charge in [0.05, 0.1) is 6.26 Å². The lowest BCUT2D eigenvalue weighted by molar-refractivity contribution is -0.114. The molecular formula is C17H13N3O4S. The number of nitrogens with zero attached hydrogens (tertiary/aromatic N) is 2. The fraction of sp³-hybridized carbons (Fsp3) is 0.118. The minimum absolute atomic E-state index is 0.00763. The monoisotopic (exact) mass is 355 g/mol. The van der Waals surface area contributed by atoms with Gasteiger partial charge in [0.1, 0.15) is 6.33 Å². The highest BCUT2D eigenvalue weighted by atomic mass is 32.2. The van der Waals surface area contributed by atoms with E-state index in [-0.39, 0.29) is 18.0 Å². The number of Topliss-reactive ketones (excluding diaryl/α,β-unsaturated/α-hetero) is 3. The second-order valence-electron chi connectivity index (χ2n) is 5.18. The molecule has 0 fully saturated rings. The van der Waals surface area contributed by atoms with E-state index >= 15 is 0 Å². The van der Waals surface area contributed by atoms with E-state index in [0.29, 0.717) is 16.2 Å². The van der Waals surface area contributed by atoms with Crippen LogP contribution in [0.2, 0.25) is 0 Å². The first-order chi connectivity index (χ1) is 12.0. The molecule has 7 nitrogen and oxygen atoms in total. The molecule has 1 aromatic carbocycles. The summed E-state index contributed by atoms with van der Waals surface area (Å²) in [6.45, 7) is 1.50.